The van der Waals surface area contributed by atoms with Gasteiger partial charge in [-0.05, 0) is 44.0 Å². The molecule has 3 aliphatic rings. The molecular weight excluding hydrogens is 390 g/mol. The lowest BCUT2D eigenvalue weighted by Gasteiger charge is -2.47. The number of carboxylic acid groups (broad SMARTS) is 1. The van der Waals surface area contributed by atoms with Gasteiger partial charge in [-0.15, -0.1) is 11.3 Å². The van der Waals surface area contributed by atoms with Gasteiger partial charge in [0.25, 0.3) is 12.4 Å². The number of thiazole rings is 1. The summed E-state index contributed by atoms with van der Waals surface area (Å²) >= 11 is 1.60. The van der Waals surface area contributed by atoms with Crippen LogP contribution in [0.1, 0.15) is 23.3 Å². The summed E-state index contributed by atoms with van der Waals surface area (Å²) in [6.07, 6.45) is 4.19. The molecule has 2 aromatic heterocycles. The fourth-order valence-electron chi connectivity index (χ4n) is 4.37. The topological polar surface area (TPSA) is 102 Å². The molecule has 1 amide bonds. The second-order valence-corrected chi connectivity index (χ2v) is 8.29. The molecule has 9 heteroatoms. The molecule has 3 fully saturated rings. The SMILES string of the molecule is CN(C(=O)c1n[nH]c2cc(-c3nccs3)ccc12)[C@H]1CN2CCC1CC2.O=CO. The fourth-order valence-corrected chi connectivity index (χ4v) is 5.01. The van der Waals surface area contributed by atoms with Crippen LogP contribution in [0.15, 0.2) is 29.8 Å². The van der Waals surface area contributed by atoms with Gasteiger partial charge in [0.1, 0.15) is 5.01 Å². The summed E-state index contributed by atoms with van der Waals surface area (Å²) in [7, 11) is 1.93. The van der Waals surface area contributed by atoms with Gasteiger partial charge in [0.2, 0.25) is 0 Å². The van der Waals surface area contributed by atoms with E-state index in [1.807, 2.05) is 35.5 Å². The van der Waals surface area contributed by atoms with Gasteiger partial charge in [0, 0.05) is 42.2 Å². The van der Waals surface area contributed by atoms with Crippen LogP contribution in [0.4, 0.5) is 0 Å². The van der Waals surface area contributed by atoms with Crippen molar-refractivity contribution in [2.24, 2.45) is 5.92 Å². The highest BCUT2D eigenvalue weighted by atomic mass is 32.1. The average molecular weight is 414 g/mol. The summed E-state index contributed by atoms with van der Waals surface area (Å²) in [5.41, 5.74) is 2.44. The van der Waals surface area contributed by atoms with E-state index in [1.165, 1.54) is 25.9 Å². The summed E-state index contributed by atoms with van der Waals surface area (Å²) in [5.74, 6) is 0.632. The molecule has 2 N–H and O–H groups in total. The van der Waals surface area contributed by atoms with Gasteiger partial charge in [-0.3, -0.25) is 14.7 Å². The Kier molecular flexibility index (Phi) is 5.59. The van der Waals surface area contributed by atoms with Crippen LogP contribution in [-0.4, -0.2) is 75.2 Å². The van der Waals surface area contributed by atoms with Crippen LogP contribution in [0, 0.1) is 5.92 Å². The molecule has 8 nitrogen and oxygen atoms in total. The molecule has 3 saturated heterocycles. The van der Waals surface area contributed by atoms with E-state index in [2.05, 4.69) is 20.1 Å². The summed E-state index contributed by atoms with van der Waals surface area (Å²) in [5, 5.41) is 18.1. The van der Waals surface area contributed by atoms with Crippen molar-refractivity contribution in [2.45, 2.75) is 18.9 Å². The zero-order chi connectivity index (χ0) is 20.4. The highest BCUT2D eigenvalue weighted by Crippen LogP contribution is 2.32. The first kappa shape index (κ1) is 19.5. The molecule has 29 heavy (non-hydrogen) atoms. The normalized spacial score (nSPS) is 22.7. The van der Waals surface area contributed by atoms with Gasteiger partial charge < -0.3 is 14.9 Å². The standard InChI is InChI=1S/C19H21N5OS.CH2O2/c1-23(16-11-24-7-4-12(16)5-8-24)19(25)17-14-3-2-13(10-15(14)21-22-17)18-20-6-9-26-18;2-1-3/h2-3,6,9-10,12,16H,4-5,7-8,11H2,1H3,(H,21,22);1H,(H,2,3)/t16-;/m0./s1. The molecule has 2 bridgehead atoms. The van der Waals surface area contributed by atoms with Gasteiger partial charge in [-0.2, -0.15) is 5.10 Å². The highest BCUT2D eigenvalue weighted by Gasteiger charge is 2.38. The monoisotopic (exact) mass is 413 g/mol. The molecule has 1 atom stereocenters. The largest absolute Gasteiger partial charge is 0.483 e. The molecule has 6 rings (SSSR count). The summed E-state index contributed by atoms with van der Waals surface area (Å²) in [6.45, 7) is 3.09. The molecule has 0 aliphatic carbocycles. The molecule has 5 heterocycles. The number of carbonyl (C=O) groups excluding carboxylic acids is 1. The zero-order valence-electron chi connectivity index (χ0n) is 16.1. The van der Waals surface area contributed by atoms with Crippen LogP contribution in [0.2, 0.25) is 0 Å². The van der Waals surface area contributed by atoms with E-state index < -0.39 is 0 Å². The highest BCUT2D eigenvalue weighted by molar-refractivity contribution is 7.13. The maximum atomic E-state index is 13.1. The Morgan fingerprint density at radius 3 is 2.76 bits per heavy atom. The third-order valence-electron chi connectivity index (χ3n) is 5.88. The fraction of sp³-hybridized carbons (Fsp3) is 0.400. The van der Waals surface area contributed by atoms with Crippen molar-refractivity contribution in [1.29, 1.82) is 0 Å². The van der Waals surface area contributed by atoms with Gasteiger partial charge in [0.05, 0.1) is 5.52 Å². The average Bonchev–Trinajstić information content (AvgIpc) is 3.43. The number of carbonyl (C=O) groups is 2. The van der Waals surface area contributed by atoms with E-state index in [0.717, 1.165) is 28.0 Å². The Hall–Kier alpha value is -2.78. The van der Waals surface area contributed by atoms with Crippen LogP contribution < -0.4 is 0 Å². The quantitative estimate of drug-likeness (QED) is 0.640. The van der Waals surface area contributed by atoms with E-state index in [1.54, 1.807) is 17.5 Å². The van der Waals surface area contributed by atoms with Crippen LogP contribution in [0.3, 0.4) is 0 Å². The number of amides is 1. The molecule has 0 spiro atoms. The van der Waals surface area contributed by atoms with Gasteiger partial charge in [0.15, 0.2) is 5.69 Å². The Labute approximate surface area is 172 Å². The number of hydrogen-bond donors (Lipinski definition) is 2. The summed E-state index contributed by atoms with van der Waals surface area (Å²) in [6, 6.07) is 6.31. The van der Waals surface area contributed by atoms with Gasteiger partial charge in [-0.1, -0.05) is 6.07 Å². The Bertz CT molecular complexity index is 995. The third kappa shape index (κ3) is 3.75. The van der Waals surface area contributed by atoms with Crippen LogP contribution in [0.5, 0.6) is 0 Å². The predicted octanol–water partition coefficient (Wildman–Crippen LogP) is 2.55. The minimum Gasteiger partial charge on any atom is -0.483 e. The van der Waals surface area contributed by atoms with Crippen molar-refractivity contribution in [3.05, 3.63) is 35.5 Å². The number of rotatable bonds is 3. The van der Waals surface area contributed by atoms with Crippen molar-refractivity contribution >= 4 is 34.6 Å². The number of aromatic amines is 1. The maximum absolute atomic E-state index is 13.1. The first-order valence-electron chi connectivity index (χ1n) is 9.57. The number of hydrogen-bond acceptors (Lipinski definition) is 6. The van der Waals surface area contributed by atoms with Crippen molar-refractivity contribution in [2.75, 3.05) is 26.7 Å². The number of likely N-dealkylation sites (N-methyl/N-ethyl adjacent to an activating group) is 1. The van der Waals surface area contributed by atoms with Crippen molar-refractivity contribution in [1.82, 2.24) is 25.0 Å². The third-order valence-corrected chi connectivity index (χ3v) is 6.71. The van der Waals surface area contributed by atoms with Crippen molar-refractivity contribution in [3.63, 3.8) is 0 Å². The minimum atomic E-state index is -0.250. The van der Waals surface area contributed by atoms with Gasteiger partial charge >= 0.3 is 0 Å². The molecule has 3 aromatic rings. The first-order chi connectivity index (χ1) is 14.1. The number of piperidine rings is 3. The molecule has 152 valence electrons. The second kappa shape index (κ2) is 8.30. The van der Waals surface area contributed by atoms with Crippen LogP contribution in [-0.2, 0) is 4.79 Å². The van der Waals surface area contributed by atoms with Crippen molar-refractivity contribution in [3.8, 4) is 10.6 Å². The summed E-state index contributed by atoms with van der Waals surface area (Å²) < 4.78 is 0. The van der Waals surface area contributed by atoms with Crippen molar-refractivity contribution < 1.29 is 14.7 Å². The molecule has 3 aliphatic heterocycles. The predicted molar refractivity (Wildman–Crippen MR) is 111 cm³/mol. The number of nitrogens with one attached hydrogen (secondary N) is 1. The molecule has 0 saturated carbocycles. The van der Waals surface area contributed by atoms with E-state index in [4.69, 9.17) is 9.90 Å². The smallest absolute Gasteiger partial charge is 0.290 e. The molecule has 0 radical (unpaired) electrons. The first-order valence-corrected chi connectivity index (χ1v) is 10.5. The Morgan fingerprint density at radius 2 is 2.14 bits per heavy atom. The maximum Gasteiger partial charge on any atom is 0.290 e. The second-order valence-electron chi connectivity index (χ2n) is 7.40. The number of aromatic nitrogens is 3. The van der Waals surface area contributed by atoms with Crippen LogP contribution >= 0.6 is 11.3 Å². The number of nitrogens with zero attached hydrogens (tertiary/aromatic N) is 4. The number of fused-ring (bicyclic) bond motifs is 4. The molecular formula is C20H23N5O3S. The lowest BCUT2D eigenvalue weighted by molar-refractivity contribution is -0.122. The zero-order valence-corrected chi connectivity index (χ0v) is 16.9. The van der Waals surface area contributed by atoms with Crippen LogP contribution in [0.25, 0.3) is 21.5 Å². The molecule has 0 unspecified atom stereocenters. The van der Waals surface area contributed by atoms with Gasteiger partial charge in [-0.25, -0.2) is 4.98 Å². The summed E-state index contributed by atoms with van der Waals surface area (Å²) in [4.78, 5) is 30.2. The lowest BCUT2D eigenvalue weighted by Crippen LogP contribution is -2.57. The Morgan fingerprint density at radius 1 is 1.38 bits per heavy atom. The number of H-pyrrole nitrogens is 1. The molecule has 1 aromatic carbocycles. The van der Waals surface area contributed by atoms with E-state index in [9.17, 15) is 4.79 Å². The minimum absolute atomic E-state index is 0.0111. The van der Waals surface area contributed by atoms with E-state index in [0.29, 0.717) is 17.7 Å². The van der Waals surface area contributed by atoms with E-state index in [-0.39, 0.29) is 12.4 Å². The van der Waals surface area contributed by atoms with E-state index >= 15 is 0 Å². The Balaban J connectivity index is 0.000000645. The number of benzene rings is 1. The lowest BCUT2D eigenvalue weighted by atomic mass is 9.83.